The Balaban J connectivity index is 1.48. The topological polar surface area (TPSA) is 61.9 Å². The lowest BCUT2D eigenvalue weighted by atomic mass is 9.89. The second kappa shape index (κ2) is 10.0. The van der Waals surface area contributed by atoms with E-state index >= 15 is 0 Å². The highest BCUT2D eigenvalue weighted by Crippen LogP contribution is 2.41. The molecule has 3 fully saturated rings. The van der Waals surface area contributed by atoms with Gasteiger partial charge < -0.3 is 15.0 Å². The van der Waals surface area contributed by atoms with Gasteiger partial charge in [0, 0.05) is 18.7 Å². The molecule has 4 rings (SSSR count). The minimum absolute atomic E-state index is 0.0991. The SMILES string of the molecule is O=C(NCCN1CCCCC1)[C@H]1COC2(CCCCC2)N1C(=O)c1ccc(C(F)(F)F)cc1. The van der Waals surface area contributed by atoms with Crippen LogP contribution in [0.15, 0.2) is 24.3 Å². The summed E-state index contributed by atoms with van der Waals surface area (Å²) in [6.45, 7) is 3.41. The first-order valence-corrected chi connectivity index (χ1v) is 12.0. The molecule has 3 aliphatic rings. The van der Waals surface area contributed by atoms with E-state index in [0.717, 1.165) is 51.0 Å². The van der Waals surface area contributed by atoms with Gasteiger partial charge in [0.15, 0.2) is 0 Å². The van der Waals surface area contributed by atoms with Gasteiger partial charge in [-0.05, 0) is 75.9 Å². The fourth-order valence-corrected chi connectivity index (χ4v) is 5.25. The monoisotopic (exact) mass is 467 g/mol. The van der Waals surface area contributed by atoms with Crippen LogP contribution in [0.4, 0.5) is 13.2 Å². The number of rotatable bonds is 5. The van der Waals surface area contributed by atoms with Crippen LogP contribution in [0.3, 0.4) is 0 Å². The number of alkyl halides is 3. The van der Waals surface area contributed by atoms with Crippen molar-refractivity contribution in [2.75, 3.05) is 32.8 Å². The van der Waals surface area contributed by atoms with Crippen molar-refractivity contribution in [3.05, 3.63) is 35.4 Å². The van der Waals surface area contributed by atoms with Crippen molar-refractivity contribution in [3.63, 3.8) is 0 Å². The van der Waals surface area contributed by atoms with Crippen LogP contribution >= 0.6 is 0 Å². The van der Waals surface area contributed by atoms with E-state index in [-0.39, 0.29) is 18.1 Å². The lowest BCUT2D eigenvalue weighted by molar-refractivity contribution is -0.137. The number of carbonyl (C=O) groups is 2. The Labute approximate surface area is 192 Å². The fraction of sp³-hybridized carbons (Fsp3) is 0.667. The number of nitrogens with zero attached hydrogens (tertiary/aromatic N) is 2. The van der Waals surface area contributed by atoms with Crippen molar-refractivity contribution < 1.29 is 27.5 Å². The van der Waals surface area contributed by atoms with Crippen molar-refractivity contribution in [2.24, 2.45) is 0 Å². The first kappa shape index (κ1) is 24.0. The molecule has 2 saturated heterocycles. The van der Waals surface area contributed by atoms with E-state index < -0.39 is 29.4 Å². The largest absolute Gasteiger partial charge is 0.416 e. The van der Waals surface area contributed by atoms with E-state index in [1.807, 2.05) is 0 Å². The molecule has 33 heavy (non-hydrogen) atoms. The summed E-state index contributed by atoms with van der Waals surface area (Å²) in [6.07, 6.45) is 3.13. The third kappa shape index (κ3) is 5.35. The number of halogens is 3. The van der Waals surface area contributed by atoms with Gasteiger partial charge in [-0.3, -0.25) is 14.5 Å². The van der Waals surface area contributed by atoms with E-state index in [4.69, 9.17) is 4.74 Å². The minimum Gasteiger partial charge on any atom is -0.353 e. The molecule has 0 aromatic heterocycles. The highest BCUT2D eigenvalue weighted by atomic mass is 19.4. The first-order chi connectivity index (χ1) is 15.8. The number of nitrogens with one attached hydrogen (secondary N) is 1. The van der Waals surface area contributed by atoms with E-state index in [9.17, 15) is 22.8 Å². The maximum Gasteiger partial charge on any atom is 0.416 e. The maximum absolute atomic E-state index is 13.5. The molecule has 9 heteroatoms. The average molecular weight is 468 g/mol. The summed E-state index contributed by atoms with van der Waals surface area (Å²) in [5.74, 6) is -0.728. The van der Waals surface area contributed by atoms with Crippen LogP contribution in [-0.2, 0) is 15.7 Å². The zero-order valence-corrected chi connectivity index (χ0v) is 18.8. The summed E-state index contributed by atoms with van der Waals surface area (Å²) in [5.41, 5.74) is -1.55. The predicted octanol–water partition coefficient (Wildman–Crippen LogP) is 3.81. The van der Waals surface area contributed by atoms with E-state index in [1.165, 1.54) is 36.3 Å². The molecule has 182 valence electrons. The summed E-state index contributed by atoms with van der Waals surface area (Å²) >= 11 is 0. The summed E-state index contributed by atoms with van der Waals surface area (Å²) < 4.78 is 45.0. The molecule has 0 radical (unpaired) electrons. The molecule has 1 spiro atoms. The number of amides is 2. The molecule has 2 heterocycles. The zero-order valence-electron chi connectivity index (χ0n) is 18.8. The molecule has 1 aliphatic carbocycles. The van der Waals surface area contributed by atoms with E-state index in [2.05, 4.69) is 10.2 Å². The molecule has 1 atom stereocenters. The second-order valence-electron chi connectivity index (χ2n) is 9.28. The summed E-state index contributed by atoms with van der Waals surface area (Å²) in [4.78, 5) is 30.4. The van der Waals surface area contributed by atoms with Crippen LogP contribution in [0.1, 0.15) is 67.3 Å². The molecule has 0 bridgehead atoms. The van der Waals surface area contributed by atoms with Crippen molar-refractivity contribution in [1.82, 2.24) is 15.1 Å². The van der Waals surface area contributed by atoms with Crippen LogP contribution in [0.25, 0.3) is 0 Å². The van der Waals surface area contributed by atoms with Crippen LogP contribution in [0.5, 0.6) is 0 Å². The molecule has 2 amide bonds. The van der Waals surface area contributed by atoms with Gasteiger partial charge in [-0.25, -0.2) is 0 Å². The van der Waals surface area contributed by atoms with Crippen LogP contribution in [0.2, 0.25) is 0 Å². The number of ether oxygens (including phenoxy) is 1. The van der Waals surface area contributed by atoms with E-state index in [0.29, 0.717) is 19.4 Å². The molecule has 6 nitrogen and oxygen atoms in total. The smallest absolute Gasteiger partial charge is 0.353 e. The quantitative estimate of drug-likeness (QED) is 0.716. The van der Waals surface area contributed by atoms with Gasteiger partial charge >= 0.3 is 6.18 Å². The molecule has 1 N–H and O–H groups in total. The predicted molar refractivity (Wildman–Crippen MR) is 116 cm³/mol. The van der Waals surface area contributed by atoms with Gasteiger partial charge in [0.25, 0.3) is 5.91 Å². The Morgan fingerprint density at radius 3 is 2.27 bits per heavy atom. The lowest BCUT2D eigenvalue weighted by Crippen LogP contribution is -2.56. The Morgan fingerprint density at radius 1 is 1.00 bits per heavy atom. The molecular weight excluding hydrogens is 435 g/mol. The summed E-state index contributed by atoms with van der Waals surface area (Å²) in [6, 6.07) is 3.40. The highest BCUT2D eigenvalue weighted by molar-refractivity contribution is 5.98. The van der Waals surface area contributed by atoms with Gasteiger partial charge in [-0.15, -0.1) is 0 Å². The van der Waals surface area contributed by atoms with Gasteiger partial charge in [-0.1, -0.05) is 12.8 Å². The Bertz CT molecular complexity index is 832. The zero-order chi connectivity index (χ0) is 23.5. The molecule has 1 saturated carbocycles. The van der Waals surface area contributed by atoms with Crippen LogP contribution in [0, 0.1) is 0 Å². The van der Waals surface area contributed by atoms with Gasteiger partial charge in [0.05, 0.1) is 12.2 Å². The average Bonchev–Trinajstić information content (AvgIpc) is 3.17. The van der Waals surface area contributed by atoms with E-state index in [1.54, 1.807) is 0 Å². The maximum atomic E-state index is 13.5. The van der Waals surface area contributed by atoms with Crippen LogP contribution < -0.4 is 5.32 Å². The molecule has 1 aromatic rings. The Hall–Kier alpha value is -2.13. The standard InChI is InChI=1S/C24H32F3N3O3/c25-24(26,27)19-9-7-18(8-10-19)22(32)30-20(17-33-23(30)11-3-1-4-12-23)21(31)28-13-16-29-14-5-2-6-15-29/h7-10,20H,1-6,11-17H2,(H,28,31)/t20-/m1/s1. The number of benzene rings is 1. The lowest BCUT2D eigenvalue weighted by Gasteiger charge is -2.41. The molecule has 2 aliphatic heterocycles. The number of hydrogen-bond acceptors (Lipinski definition) is 4. The molecule has 1 aromatic carbocycles. The third-order valence-electron chi connectivity index (χ3n) is 7.05. The highest BCUT2D eigenvalue weighted by Gasteiger charge is 2.53. The van der Waals surface area contributed by atoms with Crippen molar-refractivity contribution in [3.8, 4) is 0 Å². The third-order valence-corrected chi connectivity index (χ3v) is 7.05. The summed E-state index contributed by atoms with van der Waals surface area (Å²) in [5, 5.41) is 2.96. The second-order valence-corrected chi connectivity index (χ2v) is 9.28. The number of hydrogen-bond donors (Lipinski definition) is 1. The van der Waals surface area contributed by atoms with Crippen molar-refractivity contribution in [2.45, 2.75) is 69.3 Å². The number of likely N-dealkylation sites (tertiary alicyclic amines) is 1. The van der Waals surface area contributed by atoms with Gasteiger partial charge in [0.1, 0.15) is 11.8 Å². The molecular formula is C24H32F3N3O3. The number of piperidine rings is 1. The Kier molecular flexibility index (Phi) is 7.28. The molecule has 0 unspecified atom stereocenters. The van der Waals surface area contributed by atoms with Crippen LogP contribution in [-0.4, -0.2) is 66.2 Å². The first-order valence-electron chi connectivity index (χ1n) is 12.0. The Morgan fingerprint density at radius 2 is 1.64 bits per heavy atom. The van der Waals surface area contributed by atoms with Gasteiger partial charge in [0.2, 0.25) is 5.91 Å². The van der Waals surface area contributed by atoms with Crippen molar-refractivity contribution >= 4 is 11.8 Å². The van der Waals surface area contributed by atoms with Gasteiger partial charge in [-0.2, -0.15) is 13.2 Å². The summed E-state index contributed by atoms with van der Waals surface area (Å²) in [7, 11) is 0. The normalized spacial score (nSPS) is 23.6. The minimum atomic E-state index is -4.47. The fourth-order valence-electron chi connectivity index (χ4n) is 5.25. The van der Waals surface area contributed by atoms with Crippen molar-refractivity contribution in [1.29, 1.82) is 0 Å². The number of carbonyl (C=O) groups excluding carboxylic acids is 2.